The van der Waals surface area contributed by atoms with E-state index in [2.05, 4.69) is 11.4 Å². The summed E-state index contributed by atoms with van der Waals surface area (Å²) in [6.07, 6.45) is 2.41. The van der Waals surface area contributed by atoms with Crippen molar-refractivity contribution in [3.8, 4) is 5.75 Å². The third kappa shape index (κ3) is 5.59. The number of aryl methyl sites for hydroxylation is 1. The molecule has 29 heavy (non-hydrogen) atoms. The van der Waals surface area contributed by atoms with E-state index in [4.69, 9.17) is 4.74 Å². The molecule has 1 atom stereocenters. The van der Waals surface area contributed by atoms with E-state index in [-0.39, 0.29) is 39.3 Å². The minimum absolute atomic E-state index is 0. The number of nitrogens with one attached hydrogen (secondary N) is 1. The molecule has 1 aliphatic heterocycles. The quantitative estimate of drug-likeness (QED) is 0.500. The maximum absolute atomic E-state index is 12.3. The number of aliphatic hydroxyl groups is 1. The summed E-state index contributed by atoms with van der Waals surface area (Å²) < 4.78 is 5.50. The van der Waals surface area contributed by atoms with Gasteiger partial charge in [-0.1, -0.05) is 12.6 Å². The van der Waals surface area contributed by atoms with Crippen molar-refractivity contribution in [3.63, 3.8) is 0 Å². The average molecular weight is 468 g/mol. The van der Waals surface area contributed by atoms with Gasteiger partial charge in [0.15, 0.2) is 5.60 Å². The van der Waals surface area contributed by atoms with Gasteiger partial charge < -0.3 is 15.2 Å². The predicted molar refractivity (Wildman–Crippen MR) is 103 cm³/mol. The Morgan fingerprint density at radius 1 is 1.14 bits per heavy atom. The van der Waals surface area contributed by atoms with Crippen LogP contribution < -0.4 is 15.0 Å². The van der Waals surface area contributed by atoms with Crippen LogP contribution in [0, 0.1) is 13.0 Å². The van der Waals surface area contributed by atoms with Crippen molar-refractivity contribution in [3.05, 3.63) is 66.2 Å². The summed E-state index contributed by atoms with van der Waals surface area (Å²) in [4.78, 5) is 36.7. The van der Waals surface area contributed by atoms with Crippen LogP contribution in [0.1, 0.15) is 12.5 Å². The second-order valence-electron chi connectivity index (χ2n) is 6.62. The van der Waals surface area contributed by atoms with Crippen molar-refractivity contribution >= 4 is 29.1 Å². The molecule has 8 heteroatoms. The number of benzene rings is 2. The first-order valence-electron chi connectivity index (χ1n) is 8.57. The molecule has 0 saturated heterocycles. The van der Waals surface area contributed by atoms with E-state index < -0.39 is 23.3 Å². The fourth-order valence-electron chi connectivity index (χ4n) is 2.48. The maximum atomic E-state index is 12.3. The van der Waals surface area contributed by atoms with E-state index in [1.54, 1.807) is 42.5 Å². The normalized spacial score (nSPS) is 14.9. The number of carbonyl (C=O) groups is 3. The molecular weight excluding hydrogens is 449 g/mol. The van der Waals surface area contributed by atoms with E-state index in [0.717, 1.165) is 10.5 Å². The van der Waals surface area contributed by atoms with Gasteiger partial charge in [0.2, 0.25) is 5.91 Å². The topological polar surface area (TPSA) is 95.9 Å². The number of ether oxygens (including phenoxy) is 1. The summed E-state index contributed by atoms with van der Waals surface area (Å²) in [6, 6.07) is 14.3. The van der Waals surface area contributed by atoms with Crippen molar-refractivity contribution in [2.24, 2.45) is 0 Å². The monoisotopic (exact) mass is 468 g/mol. The van der Waals surface area contributed by atoms with Crippen LogP contribution >= 0.6 is 0 Å². The number of amides is 3. The summed E-state index contributed by atoms with van der Waals surface area (Å²) in [6.45, 7) is 2.95. The van der Waals surface area contributed by atoms with Crippen molar-refractivity contribution < 1.29 is 56.9 Å². The zero-order chi connectivity index (χ0) is 20.3. The Labute approximate surface area is 193 Å². The van der Waals surface area contributed by atoms with Crippen LogP contribution in [-0.4, -0.2) is 35.0 Å². The molecule has 3 amide bonds. The largest absolute Gasteiger partial charge is 0.490 e. The van der Waals surface area contributed by atoms with Gasteiger partial charge in [-0.25, -0.2) is 4.90 Å². The molecule has 0 aromatic heterocycles. The first-order chi connectivity index (χ1) is 13.3. The zero-order valence-electron chi connectivity index (χ0n) is 16.0. The SMILES string of the molecule is Cc1[c-]cc(NC(=O)[C@@](C)(O)COc2ccc(N3C(=O)C=CC3=O)cc2)cc1.[Y]. The standard InChI is InChI=1S/C21H19N2O5.Y/c1-14-3-5-15(6-4-14)22-20(26)21(2,27)13-28-17-9-7-16(8-10-17)23-18(24)11-12-19(23)25;/h3,5-12,27H,13H2,1-2H3,(H,22,26);/q-1;/t21-;/m0./s1. The van der Waals surface area contributed by atoms with Gasteiger partial charge in [0.25, 0.3) is 11.8 Å². The average Bonchev–Trinajstić information content (AvgIpc) is 3.01. The fraction of sp³-hybridized carbons (Fsp3) is 0.190. The minimum Gasteiger partial charge on any atom is -0.490 e. The van der Waals surface area contributed by atoms with E-state index in [1.165, 1.54) is 19.1 Å². The summed E-state index contributed by atoms with van der Waals surface area (Å²) in [7, 11) is 0. The molecule has 0 unspecified atom stereocenters. The number of carbonyl (C=O) groups excluding carboxylic acids is 3. The number of hydrogen-bond acceptors (Lipinski definition) is 5. The van der Waals surface area contributed by atoms with E-state index in [9.17, 15) is 19.5 Å². The third-order valence-corrected chi connectivity index (χ3v) is 4.14. The van der Waals surface area contributed by atoms with Crippen LogP contribution in [-0.2, 0) is 47.1 Å². The molecule has 0 spiro atoms. The molecule has 3 rings (SSSR count). The van der Waals surface area contributed by atoms with Gasteiger partial charge in [-0.2, -0.15) is 23.8 Å². The molecule has 147 valence electrons. The Morgan fingerprint density at radius 2 is 1.76 bits per heavy atom. The van der Waals surface area contributed by atoms with E-state index in [1.807, 2.05) is 6.92 Å². The summed E-state index contributed by atoms with van der Waals surface area (Å²) in [5, 5.41) is 13.0. The van der Waals surface area contributed by atoms with Crippen molar-refractivity contribution in [1.82, 2.24) is 0 Å². The molecule has 1 aliphatic rings. The van der Waals surface area contributed by atoms with Gasteiger partial charge in [0.1, 0.15) is 12.4 Å². The van der Waals surface area contributed by atoms with Crippen LogP contribution in [0.4, 0.5) is 11.4 Å². The number of imide groups is 1. The van der Waals surface area contributed by atoms with E-state index in [0.29, 0.717) is 17.1 Å². The smallest absolute Gasteiger partial charge is 0.258 e. The molecule has 1 radical (unpaired) electrons. The third-order valence-electron chi connectivity index (χ3n) is 4.14. The van der Waals surface area contributed by atoms with Crippen LogP contribution in [0.3, 0.4) is 0 Å². The van der Waals surface area contributed by atoms with Gasteiger partial charge in [0, 0.05) is 44.9 Å². The Hall–Kier alpha value is -2.35. The van der Waals surface area contributed by atoms with Crippen molar-refractivity contribution in [2.75, 3.05) is 16.8 Å². The molecule has 7 nitrogen and oxygen atoms in total. The predicted octanol–water partition coefficient (Wildman–Crippen LogP) is 1.99. The van der Waals surface area contributed by atoms with Gasteiger partial charge >= 0.3 is 0 Å². The number of rotatable bonds is 6. The Kier molecular flexibility index (Phi) is 7.46. The zero-order valence-corrected chi connectivity index (χ0v) is 18.8. The Bertz CT molecular complexity index is 919. The summed E-state index contributed by atoms with van der Waals surface area (Å²) in [5.41, 5.74) is 0.0971. The number of anilines is 2. The Balaban J connectivity index is 0.00000300. The second-order valence-corrected chi connectivity index (χ2v) is 6.62. The summed E-state index contributed by atoms with van der Waals surface area (Å²) in [5.74, 6) is -1.05. The van der Waals surface area contributed by atoms with Crippen molar-refractivity contribution in [1.29, 1.82) is 0 Å². The number of nitrogens with zero attached hydrogens (tertiary/aromatic N) is 1. The minimum atomic E-state index is -1.77. The van der Waals surface area contributed by atoms with Crippen molar-refractivity contribution in [2.45, 2.75) is 19.4 Å². The molecule has 0 saturated carbocycles. The molecule has 0 bridgehead atoms. The summed E-state index contributed by atoms with van der Waals surface area (Å²) >= 11 is 0. The molecule has 0 fully saturated rings. The molecule has 2 aromatic carbocycles. The van der Waals surface area contributed by atoms with Crippen LogP contribution in [0.25, 0.3) is 0 Å². The van der Waals surface area contributed by atoms with Gasteiger partial charge in [-0.3, -0.25) is 14.4 Å². The molecule has 1 heterocycles. The first-order valence-corrected chi connectivity index (χ1v) is 8.57. The molecule has 2 N–H and O–H groups in total. The van der Waals surface area contributed by atoms with Crippen LogP contribution in [0.5, 0.6) is 5.75 Å². The van der Waals surface area contributed by atoms with Crippen LogP contribution in [0.15, 0.2) is 54.6 Å². The van der Waals surface area contributed by atoms with Gasteiger partial charge in [0.05, 0.1) is 5.69 Å². The Morgan fingerprint density at radius 3 is 2.31 bits per heavy atom. The van der Waals surface area contributed by atoms with E-state index >= 15 is 0 Å². The molecule has 0 aliphatic carbocycles. The maximum Gasteiger partial charge on any atom is 0.258 e. The first kappa shape index (κ1) is 22.9. The number of hydrogen-bond donors (Lipinski definition) is 2. The van der Waals surface area contributed by atoms with Crippen LogP contribution in [0.2, 0.25) is 0 Å². The molecular formula is C21H19N2O5Y-. The van der Waals surface area contributed by atoms with Gasteiger partial charge in [-0.15, -0.1) is 6.07 Å². The second kappa shape index (κ2) is 9.43. The van der Waals surface area contributed by atoms with Gasteiger partial charge in [-0.05, 0) is 31.2 Å². The molecule has 2 aromatic rings. The fourth-order valence-corrected chi connectivity index (χ4v) is 2.48.